The van der Waals surface area contributed by atoms with Crippen LogP contribution in [-0.2, 0) is 11.3 Å². The molecule has 0 bridgehead atoms. The van der Waals surface area contributed by atoms with Crippen LogP contribution in [0.1, 0.15) is 0 Å². The maximum absolute atomic E-state index is 13.5. The van der Waals surface area contributed by atoms with Crippen molar-refractivity contribution in [1.82, 2.24) is 29.6 Å². The summed E-state index contributed by atoms with van der Waals surface area (Å²) >= 11 is 0. The predicted molar refractivity (Wildman–Crippen MR) is 128 cm³/mol. The van der Waals surface area contributed by atoms with Gasteiger partial charge in [0.25, 0.3) is 0 Å². The molecule has 0 spiro atoms. The van der Waals surface area contributed by atoms with Crippen LogP contribution >= 0.6 is 0 Å². The summed E-state index contributed by atoms with van der Waals surface area (Å²) < 4.78 is 20.3. The minimum Gasteiger partial charge on any atom is -0.497 e. The molecule has 1 saturated heterocycles. The lowest BCUT2D eigenvalue weighted by atomic mass is 10.2. The van der Waals surface area contributed by atoms with E-state index in [1.54, 1.807) is 42.4 Å². The first-order valence-corrected chi connectivity index (χ1v) is 11.3. The van der Waals surface area contributed by atoms with Crippen LogP contribution in [0.4, 0.5) is 10.3 Å². The van der Waals surface area contributed by atoms with E-state index in [1.807, 2.05) is 29.2 Å². The van der Waals surface area contributed by atoms with Gasteiger partial charge in [-0.1, -0.05) is 0 Å². The molecule has 0 radical (unpaired) electrons. The van der Waals surface area contributed by atoms with Crippen LogP contribution in [0.3, 0.4) is 0 Å². The maximum Gasteiger partial charge on any atom is 0.244 e. The van der Waals surface area contributed by atoms with E-state index in [0.717, 1.165) is 11.3 Å². The lowest BCUT2D eigenvalue weighted by Gasteiger charge is -2.34. The molecule has 2 aromatic heterocycles. The zero-order chi connectivity index (χ0) is 24.2. The van der Waals surface area contributed by atoms with Crippen LogP contribution in [0.5, 0.6) is 5.75 Å². The molecule has 1 fully saturated rings. The molecule has 0 aliphatic carbocycles. The summed E-state index contributed by atoms with van der Waals surface area (Å²) in [5.74, 6) is 1.96. The van der Waals surface area contributed by atoms with Crippen LogP contribution in [0, 0.1) is 5.82 Å². The molecule has 9 nitrogen and oxygen atoms in total. The van der Waals surface area contributed by atoms with E-state index < -0.39 is 0 Å². The molecular weight excluding hydrogens is 449 g/mol. The Kier molecular flexibility index (Phi) is 6.34. The van der Waals surface area contributed by atoms with Gasteiger partial charge >= 0.3 is 0 Å². The number of amides is 1. The monoisotopic (exact) mass is 473 g/mol. The van der Waals surface area contributed by atoms with Crippen molar-refractivity contribution < 1.29 is 13.9 Å². The lowest BCUT2D eigenvalue weighted by molar-refractivity contribution is -0.132. The van der Waals surface area contributed by atoms with Crippen molar-refractivity contribution >= 4 is 11.9 Å². The van der Waals surface area contributed by atoms with Gasteiger partial charge in [0.15, 0.2) is 11.6 Å². The molecule has 4 aromatic rings. The Balaban J connectivity index is 1.36. The van der Waals surface area contributed by atoms with Crippen molar-refractivity contribution in [2.75, 3.05) is 38.2 Å². The number of hydrogen-bond acceptors (Lipinski definition) is 7. The Morgan fingerprint density at radius 2 is 1.60 bits per heavy atom. The van der Waals surface area contributed by atoms with E-state index in [4.69, 9.17) is 4.74 Å². The Morgan fingerprint density at radius 3 is 2.26 bits per heavy atom. The molecule has 0 N–H and O–H groups in total. The van der Waals surface area contributed by atoms with E-state index >= 15 is 0 Å². The second-order valence-corrected chi connectivity index (χ2v) is 8.07. The highest BCUT2D eigenvalue weighted by Gasteiger charge is 2.24. The smallest absolute Gasteiger partial charge is 0.244 e. The van der Waals surface area contributed by atoms with Crippen LogP contribution in [0.15, 0.2) is 67.0 Å². The minimum absolute atomic E-state index is 0.0255. The molecule has 1 amide bonds. The van der Waals surface area contributed by atoms with Gasteiger partial charge in [0.1, 0.15) is 18.1 Å². The molecule has 0 saturated carbocycles. The first-order chi connectivity index (χ1) is 17.1. The highest BCUT2D eigenvalue weighted by Crippen LogP contribution is 2.25. The largest absolute Gasteiger partial charge is 0.497 e. The zero-order valence-corrected chi connectivity index (χ0v) is 19.2. The average molecular weight is 474 g/mol. The molecule has 1 aliphatic rings. The third-order valence-corrected chi connectivity index (χ3v) is 5.87. The van der Waals surface area contributed by atoms with Crippen molar-refractivity contribution in [1.29, 1.82) is 0 Å². The number of carbonyl (C=O) groups is 1. The van der Waals surface area contributed by atoms with Crippen LogP contribution in [0.2, 0.25) is 0 Å². The van der Waals surface area contributed by atoms with Gasteiger partial charge in [-0.05, 0) is 54.6 Å². The SMILES string of the molecule is COc1ccc(-c2nc(-c3ccc(F)cc3)n(CC(=O)N3CCN(c4ncccn4)CC3)n2)cc1. The molecular formula is C25H24FN7O2. The van der Waals surface area contributed by atoms with E-state index in [-0.39, 0.29) is 18.3 Å². The molecule has 3 heterocycles. The number of rotatable bonds is 6. The number of piperazine rings is 1. The fourth-order valence-electron chi connectivity index (χ4n) is 3.97. The molecule has 1 aliphatic heterocycles. The standard InChI is InChI=1S/C25H24FN7O2/c1-35-21-9-5-18(6-10-21)23-29-24(19-3-7-20(26)8-4-19)33(30-23)17-22(34)31-13-15-32(16-14-31)25-27-11-2-12-28-25/h2-12H,13-17H2,1H3. The summed E-state index contributed by atoms with van der Waals surface area (Å²) in [7, 11) is 1.60. The third kappa shape index (κ3) is 4.96. The quantitative estimate of drug-likeness (QED) is 0.425. The van der Waals surface area contributed by atoms with E-state index in [2.05, 4.69) is 25.0 Å². The summed E-state index contributed by atoms with van der Waals surface area (Å²) in [4.78, 5) is 30.3. The van der Waals surface area contributed by atoms with Crippen LogP contribution in [-0.4, -0.2) is 68.8 Å². The van der Waals surface area contributed by atoms with Crippen LogP contribution in [0.25, 0.3) is 22.8 Å². The van der Waals surface area contributed by atoms with Gasteiger partial charge in [-0.3, -0.25) is 4.79 Å². The normalized spacial score (nSPS) is 13.7. The van der Waals surface area contributed by atoms with Gasteiger partial charge in [-0.15, -0.1) is 5.10 Å². The highest BCUT2D eigenvalue weighted by molar-refractivity contribution is 5.77. The molecule has 35 heavy (non-hydrogen) atoms. The summed E-state index contributed by atoms with van der Waals surface area (Å²) in [6.07, 6.45) is 3.42. The lowest BCUT2D eigenvalue weighted by Crippen LogP contribution is -2.50. The van der Waals surface area contributed by atoms with Crippen molar-refractivity contribution in [2.24, 2.45) is 0 Å². The number of ether oxygens (including phenoxy) is 1. The second-order valence-electron chi connectivity index (χ2n) is 8.07. The topological polar surface area (TPSA) is 89.3 Å². The number of nitrogens with zero attached hydrogens (tertiary/aromatic N) is 7. The molecule has 0 unspecified atom stereocenters. The summed E-state index contributed by atoms with van der Waals surface area (Å²) in [6.45, 7) is 2.44. The zero-order valence-electron chi connectivity index (χ0n) is 19.2. The number of hydrogen-bond donors (Lipinski definition) is 0. The minimum atomic E-state index is -0.341. The third-order valence-electron chi connectivity index (χ3n) is 5.87. The molecule has 2 aromatic carbocycles. The van der Waals surface area contributed by atoms with Crippen molar-refractivity contribution in [3.63, 3.8) is 0 Å². The van der Waals surface area contributed by atoms with Gasteiger partial charge in [0.2, 0.25) is 11.9 Å². The van der Waals surface area contributed by atoms with E-state index in [0.29, 0.717) is 49.3 Å². The fraction of sp³-hybridized carbons (Fsp3) is 0.240. The fourth-order valence-corrected chi connectivity index (χ4v) is 3.97. The van der Waals surface area contributed by atoms with Crippen LogP contribution < -0.4 is 9.64 Å². The Morgan fingerprint density at radius 1 is 0.943 bits per heavy atom. The first kappa shape index (κ1) is 22.5. The van der Waals surface area contributed by atoms with Gasteiger partial charge in [-0.25, -0.2) is 24.0 Å². The molecule has 178 valence electrons. The van der Waals surface area contributed by atoms with E-state index in [1.165, 1.54) is 12.1 Å². The Hall–Kier alpha value is -4.34. The average Bonchev–Trinajstić information content (AvgIpc) is 3.33. The number of carbonyl (C=O) groups excluding carboxylic acids is 1. The highest BCUT2D eigenvalue weighted by atomic mass is 19.1. The number of benzene rings is 2. The van der Waals surface area contributed by atoms with Crippen molar-refractivity contribution in [3.05, 3.63) is 72.8 Å². The Bertz CT molecular complexity index is 1290. The predicted octanol–water partition coefficient (Wildman–Crippen LogP) is 2.90. The molecule has 0 atom stereocenters. The number of anilines is 1. The first-order valence-electron chi connectivity index (χ1n) is 11.3. The summed E-state index contributed by atoms with van der Waals surface area (Å²) in [6, 6.07) is 15.2. The van der Waals surface area contributed by atoms with Crippen molar-refractivity contribution in [2.45, 2.75) is 6.54 Å². The molecule has 10 heteroatoms. The maximum atomic E-state index is 13.5. The van der Waals surface area contributed by atoms with Gasteiger partial charge in [-0.2, -0.15) is 0 Å². The number of methoxy groups -OCH3 is 1. The van der Waals surface area contributed by atoms with Gasteiger partial charge < -0.3 is 14.5 Å². The number of halogens is 1. The van der Waals surface area contributed by atoms with Gasteiger partial charge in [0, 0.05) is 49.7 Å². The summed E-state index contributed by atoms with van der Waals surface area (Å²) in [5, 5.41) is 4.63. The summed E-state index contributed by atoms with van der Waals surface area (Å²) in [5.41, 5.74) is 1.47. The van der Waals surface area contributed by atoms with E-state index in [9.17, 15) is 9.18 Å². The second kappa shape index (κ2) is 9.88. The van der Waals surface area contributed by atoms with Crippen molar-refractivity contribution in [3.8, 4) is 28.5 Å². The van der Waals surface area contributed by atoms with Gasteiger partial charge in [0.05, 0.1) is 7.11 Å². The molecule has 5 rings (SSSR count). The number of aromatic nitrogens is 5. The Labute approximate surface area is 201 Å².